The van der Waals surface area contributed by atoms with Gasteiger partial charge in [-0.2, -0.15) is 0 Å². The van der Waals surface area contributed by atoms with Crippen molar-refractivity contribution in [3.05, 3.63) is 28.8 Å². The Labute approximate surface area is 108 Å². The summed E-state index contributed by atoms with van der Waals surface area (Å²) >= 11 is 0. The number of ether oxygens (including phenoxy) is 1. The molecular formula is C13H15F4NO. The van der Waals surface area contributed by atoms with E-state index in [1.807, 2.05) is 0 Å². The van der Waals surface area contributed by atoms with Crippen molar-refractivity contribution < 1.29 is 22.3 Å². The van der Waals surface area contributed by atoms with E-state index in [9.17, 15) is 17.6 Å². The minimum atomic E-state index is -1.32. The zero-order valence-electron chi connectivity index (χ0n) is 10.2. The number of nitrogens with two attached hydrogens (primary N) is 1. The molecular weight excluding hydrogens is 262 g/mol. The van der Waals surface area contributed by atoms with Crippen LogP contribution in [0.25, 0.3) is 0 Å². The largest absolute Gasteiger partial charge is 0.487 e. The fraction of sp³-hybridized carbons (Fsp3) is 0.538. The van der Waals surface area contributed by atoms with E-state index in [2.05, 4.69) is 0 Å². The van der Waals surface area contributed by atoms with Gasteiger partial charge in [-0.25, -0.2) is 17.6 Å². The molecule has 6 heteroatoms. The third-order valence-electron chi connectivity index (χ3n) is 3.44. The van der Waals surface area contributed by atoms with Crippen LogP contribution in [0, 0.1) is 0 Å². The van der Waals surface area contributed by atoms with Crippen molar-refractivity contribution in [3.63, 3.8) is 0 Å². The van der Waals surface area contributed by atoms with Crippen LogP contribution in [0.4, 0.5) is 17.6 Å². The summed E-state index contributed by atoms with van der Waals surface area (Å²) in [6.07, 6.45) is -1.74. The van der Waals surface area contributed by atoms with Gasteiger partial charge >= 0.3 is 0 Å². The van der Waals surface area contributed by atoms with Crippen LogP contribution in [0.1, 0.15) is 23.1 Å². The molecule has 19 heavy (non-hydrogen) atoms. The maximum Gasteiger partial charge on any atom is 0.152 e. The molecule has 2 rings (SSSR count). The first-order valence-corrected chi connectivity index (χ1v) is 6.00. The molecule has 1 saturated carbocycles. The molecule has 0 saturated heterocycles. The molecule has 2 N–H and O–H groups in total. The molecule has 3 unspecified atom stereocenters. The average molecular weight is 277 g/mol. The molecule has 0 amide bonds. The third-order valence-corrected chi connectivity index (χ3v) is 3.44. The Morgan fingerprint density at radius 1 is 1.11 bits per heavy atom. The van der Waals surface area contributed by atoms with Gasteiger partial charge in [0.25, 0.3) is 0 Å². The van der Waals surface area contributed by atoms with Gasteiger partial charge in [0.05, 0.1) is 0 Å². The normalized spacial score (nSPS) is 26.1. The van der Waals surface area contributed by atoms with Gasteiger partial charge in [-0.3, -0.25) is 0 Å². The topological polar surface area (TPSA) is 35.2 Å². The molecule has 0 heterocycles. The van der Waals surface area contributed by atoms with Crippen LogP contribution in [0.5, 0.6) is 5.75 Å². The van der Waals surface area contributed by atoms with E-state index in [0.29, 0.717) is 6.42 Å². The molecule has 0 radical (unpaired) electrons. The second-order valence-corrected chi connectivity index (χ2v) is 4.58. The zero-order chi connectivity index (χ0) is 14.0. The Bertz CT molecular complexity index is 455. The van der Waals surface area contributed by atoms with Gasteiger partial charge in [-0.1, -0.05) is 6.07 Å². The lowest BCUT2D eigenvalue weighted by Gasteiger charge is -2.37. The van der Waals surface area contributed by atoms with E-state index in [1.54, 1.807) is 0 Å². The van der Waals surface area contributed by atoms with E-state index >= 15 is 0 Å². The van der Waals surface area contributed by atoms with Gasteiger partial charge in [0, 0.05) is 18.0 Å². The Morgan fingerprint density at radius 2 is 1.79 bits per heavy atom. The van der Waals surface area contributed by atoms with E-state index in [-0.39, 0.29) is 22.4 Å². The number of alkyl halides is 4. The van der Waals surface area contributed by atoms with Gasteiger partial charge in [-0.05, 0) is 17.2 Å². The van der Waals surface area contributed by atoms with Crippen LogP contribution in [0.2, 0.25) is 0 Å². The summed E-state index contributed by atoms with van der Waals surface area (Å²) in [5.41, 5.74) is 5.38. The van der Waals surface area contributed by atoms with Gasteiger partial charge in [0.15, 0.2) is 6.17 Å². The number of hydrogen-bond acceptors (Lipinski definition) is 2. The minimum absolute atomic E-state index is 0.0506. The first kappa shape index (κ1) is 14.1. The van der Waals surface area contributed by atoms with Crippen LogP contribution in [0.3, 0.4) is 0 Å². The second-order valence-electron chi connectivity index (χ2n) is 4.58. The van der Waals surface area contributed by atoms with Crippen LogP contribution in [-0.2, 0) is 20.0 Å². The van der Waals surface area contributed by atoms with Crippen molar-refractivity contribution in [3.8, 4) is 5.75 Å². The maximum absolute atomic E-state index is 13.3. The highest BCUT2D eigenvalue weighted by Gasteiger charge is 2.41. The van der Waals surface area contributed by atoms with Crippen molar-refractivity contribution in [2.75, 3.05) is 0 Å². The van der Waals surface area contributed by atoms with Gasteiger partial charge < -0.3 is 10.5 Å². The molecule has 0 bridgehead atoms. The van der Waals surface area contributed by atoms with E-state index in [0.717, 1.165) is 0 Å². The Kier molecular flexibility index (Phi) is 4.29. The van der Waals surface area contributed by atoms with Crippen molar-refractivity contribution in [2.45, 2.75) is 44.8 Å². The lowest BCUT2D eigenvalue weighted by Crippen LogP contribution is -2.55. The molecule has 0 spiro atoms. The summed E-state index contributed by atoms with van der Waals surface area (Å²) in [6.45, 7) is -2.86. The van der Waals surface area contributed by atoms with Crippen LogP contribution < -0.4 is 10.5 Å². The first-order chi connectivity index (χ1) is 9.12. The predicted molar refractivity (Wildman–Crippen MR) is 62.8 cm³/mol. The highest BCUT2D eigenvalue weighted by Crippen LogP contribution is 2.33. The third kappa shape index (κ3) is 2.54. The molecule has 0 aliphatic heterocycles. The van der Waals surface area contributed by atoms with Gasteiger partial charge in [0.1, 0.15) is 31.9 Å². The molecule has 106 valence electrons. The minimum Gasteiger partial charge on any atom is -0.487 e. The summed E-state index contributed by atoms with van der Waals surface area (Å²) in [4.78, 5) is 0. The molecule has 1 aromatic rings. The highest BCUT2D eigenvalue weighted by atomic mass is 19.1. The monoisotopic (exact) mass is 277 g/mol. The summed E-state index contributed by atoms with van der Waals surface area (Å²) in [7, 11) is 0. The summed E-state index contributed by atoms with van der Waals surface area (Å²) in [5, 5.41) is 0. The van der Waals surface area contributed by atoms with E-state index in [1.165, 1.54) is 12.1 Å². The van der Waals surface area contributed by atoms with Crippen molar-refractivity contribution in [1.82, 2.24) is 0 Å². The fourth-order valence-electron chi connectivity index (χ4n) is 2.15. The molecule has 3 atom stereocenters. The van der Waals surface area contributed by atoms with Crippen LogP contribution >= 0.6 is 0 Å². The smallest absolute Gasteiger partial charge is 0.152 e. The van der Waals surface area contributed by atoms with E-state index in [4.69, 9.17) is 10.5 Å². The van der Waals surface area contributed by atoms with Crippen LogP contribution in [0.15, 0.2) is 12.1 Å². The van der Waals surface area contributed by atoms with Crippen molar-refractivity contribution in [1.29, 1.82) is 0 Å². The Hall–Kier alpha value is -1.30. The Balaban J connectivity index is 2.25. The van der Waals surface area contributed by atoms with Crippen molar-refractivity contribution >= 4 is 0 Å². The molecule has 2 nitrogen and oxygen atoms in total. The molecule has 0 aromatic heterocycles. The number of rotatable bonds is 5. The lowest BCUT2D eigenvalue weighted by molar-refractivity contribution is -0.00100. The predicted octanol–water partition coefficient (Wildman–Crippen LogP) is 2.91. The maximum atomic E-state index is 13.3. The average Bonchev–Trinajstić information content (AvgIpc) is 2.45. The fourth-order valence-corrected chi connectivity index (χ4v) is 2.15. The lowest BCUT2D eigenvalue weighted by atomic mass is 9.87. The van der Waals surface area contributed by atoms with Crippen LogP contribution in [-0.4, -0.2) is 18.3 Å². The van der Waals surface area contributed by atoms with E-state index < -0.39 is 38.3 Å². The SMILES string of the molecule is NC1CC(Oc2ccc(CF)c(CF)c2CF)C1F. The summed E-state index contributed by atoms with van der Waals surface area (Å²) in [6, 6.07) is 2.10. The highest BCUT2D eigenvalue weighted by molar-refractivity contribution is 5.45. The Morgan fingerprint density at radius 3 is 2.26 bits per heavy atom. The first-order valence-electron chi connectivity index (χ1n) is 6.00. The number of halogens is 4. The standard InChI is InChI=1S/C13H15F4NO/c14-4-7-1-2-11(9(6-16)8(7)5-15)19-12-3-10(18)13(12)17/h1-2,10,12-13H,3-6,18H2. The molecule has 1 aliphatic rings. The quantitative estimate of drug-likeness (QED) is 0.840. The number of hydrogen-bond donors (Lipinski definition) is 1. The zero-order valence-corrected chi connectivity index (χ0v) is 10.2. The molecule has 1 fully saturated rings. The molecule has 1 aliphatic carbocycles. The van der Waals surface area contributed by atoms with Gasteiger partial charge in [0.2, 0.25) is 0 Å². The summed E-state index contributed by atoms with van der Waals surface area (Å²) < 4.78 is 57.2. The molecule has 1 aromatic carbocycles. The van der Waals surface area contributed by atoms with Crippen molar-refractivity contribution in [2.24, 2.45) is 5.73 Å². The van der Waals surface area contributed by atoms with Gasteiger partial charge in [-0.15, -0.1) is 0 Å². The second kappa shape index (κ2) is 5.77. The number of benzene rings is 1. The summed E-state index contributed by atoms with van der Waals surface area (Å²) in [5.74, 6) is 0.0619.